The van der Waals surface area contributed by atoms with E-state index in [1.54, 1.807) is 6.08 Å². The molecule has 4 nitrogen and oxygen atoms in total. The number of carbonyl (C=O) groups excluding carboxylic acids is 2. The van der Waals surface area contributed by atoms with Crippen molar-refractivity contribution in [2.45, 2.75) is 47.0 Å². The van der Waals surface area contributed by atoms with Crippen LogP contribution in [0.2, 0.25) is 0 Å². The van der Waals surface area contributed by atoms with Crippen LogP contribution in [-0.2, 0) is 9.59 Å². The van der Waals surface area contributed by atoms with E-state index in [0.717, 1.165) is 5.56 Å². The Morgan fingerprint density at radius 1 is 1.00 bits per heavy atom. The van der Waals surface area contributed by atoms with Gasteiger partial charge in [0.1, 0.15) is 17.3 Å². The van der Waals surface area contributed by atoms with Crippen molar-refractivity contribution in [1.82, 2.24) is 0 Å². The quantitative estimate of drug-likeness (QED) is 0.701. The molecule has 2 aliphatic rings. The van der Waals surface area contributed by atoms with Crippen LogP contribution in [0.15, 0.2) is 53.5 Å². The van der Waals surface area contributed by atoms with Gasteiger partial charge in [0.15, 0.2) is 5.78 Å². The molecule has 2 atom stereocenters. The van der Waals surface area contributed by atoms with Gasteiger partial charge in [0.05, 0.1) is 11.8 Å². The van der Waals surface area contributed by atoms with E-state index in [4.69, 9.17) is 0 Å². The molecule has 1 aromatic carbocycles. The maximum Gasteiger partial charge on any atom is 0.164 e. The molecule has 2 N–H and O–H groups in total. The van der Waals surface area contributed by atoms with E-state index in [9.17, 15) is 19.8 Å². The average molecular weight is 392 g/mol. The second-order valence-electron chi connectivity index (χ2n) is 9.59. The van der Waals surface area contributed by atoms with E-state index >= 15 is 0 Å². The molecule has 0 aromatic heterocycles. The van der Waals surface area contributed by atoms with Gasteiger partial charge in [-0.3, -0.25) is 9.59 Å². The molecular formula is C25H28O4. The zero-order valence-electron chi connectivity index (χ0n) is 17.5. The predicted molar refractivity (Wildman–Crippen MR) is 112 cm³/mol. The minimum Gasteiger partial charge on any atom is -0.512 e. The van der Waals surface area contributed by atoms with E-state index in [0.29, 0.717) is 6.42 Å². The lowest BCUT2D eigenvalue weighted by Gasteiger charge is -2.36. The van der Waals surface area contributed by atoms with Gasteiger partial charge in [0.2, 0.25) is 0 Å². The zero-order chi connectivity index (χ0) is 21.4. The molecule has 0 heterocycles. The molecule has 0 radical (unpaired) electrons. The Morgan fingerprint density at radius 2 is 1.66 bits per heavy atom. The minimum absolute atomic E-state index is 0.0240. The first-order valence-corrected chi connectivity index (χ1v) is 9.95. The molecular weight excluding hydrogens is 364 g/mol. The first-order chi connectivity index (χ1) is 13.5. The number of ketones is 2. The molecule has 0 spiro atoms. The van der Waals surface area contributed by atoms with E-state index in [1.165, 1.54) is 0 Å². The Bertz CT molecular complexity index is 952. The normalized spacial score (nSPS) is 24.4. The number of hydrogen-bond donors (Lipinski definition) is 2. The Morgan fingerprint density at radius 3 is 2.24 bits per heavy atom. The third kappa shape index (κ3) is 4.62. The summed E-state index contributed by atoms with van der Waals surface area (Å²) in [6.45, 7) is 7.61. The summed E-state index contributed by atoms with van der Waals surface area (Å²) in [4.78, 5) is 25.9. The summed E-state index contributed by atoms with van der Waals surface area (Å²) in [7, 11) is 0. The lowest BCUT2D eigenvalue weighted by atomic mass is 9.67. The van der Waals surface area contributed by atoms with Crippen molar-refractivity contribution in [2.24, 2.45) is 22.7 Å². The molecule has 0 saturated heterocycles. The van der Waals surface area contributed by atoms with Gasteiger partial charge < -0.3 is 10.2 Å². The molecule has 0 aliphatic heterocycles. The van der Waals surface area contributed by atoms with Gasteiger partial charge in [-0.2, -0.15) is 0 Å². The maximum absolute atomic E-state index is 13.0. The SMILES string of the molecule is CC1(C)C=C(O)[C@H]([C@H](C#Cc2ccccc2)C2=C(O)CC(C)(C)CC2=O)C(=O)C1. The Balaban J connectivity index is 2.12. The summed E-state index contributed by atoms with van der Waals surface area (Å²) < 4.78 is 0. The highest BCUT2D eigenvalue weighted by atomic mass is 16.3. The summed E-state index contributed by atoms with van der Waals surface area (Å²) in [6.07, 6.45) is 2.53. The lowest BCUT2D eigenvalue weighted by Crippen LogP contribution is -2.38. The average Bonchev–Trinajstić information content (AvgIpc) is 2.56. The summed E-state index contributed by atoms with van der Waals surface area (Å²) in [5, 5.41) is 21.4. The lowest BCUT2D eigenvalue weighted by molar-refractivity contribution is -0.126. The topological polar surface area (TPSA) is 74.6 Å². The van der Waals surface area contributed by atoms with Crippen molar-refractivity contribution in [2.75, 3.05) is 0 Å². The monoisotopic (exact) mass is 392 g/mol. The summed E-state index contributed by atoms with van der Waals surface area (Å²) in [6, 6.07) is 9.27. The van der Waals surface area contributed by atoms with Crippen molar-refractivity contribution >= 4 is 11.6 Å². The van der Waals surface area contributed by atoms with Gasteiger partial charge >= 0.3 is 0 Å². The van der Waals surface area contributed by atoms with Gasteiger partial charge in [0, 0.05) is 30.4 Å². The zero-order valence-corrected chi connectivity index (χ0v) is 17.5. The summed E-state index contributed by atoms with van der Waals surface area (Å²) in [5.74, 6) is 3.77. The van der Waals surface area contributed by atoms with Crippen molar-refractivity contribution in [3.8, 4) is 11.8 Å². The number of aliphatic hydroxyl groups is 2. The first kappa shape index (κ1) is 20.9. The van der Waals surface area contributed by atoms with Crippen LogP contribution in [0.1, 0.15) is 52.5 Å². The first-order valence-electron chi connectivity index (χ1n) is 9.95. The highest BCUT2D eigenvalue weighted by Gasteiger charge is 2.44. The number of allylic oxidation sites excluding steroid dienone is 4. The second kappa shape index (κ2) is 7.55. The third-order valence-electron chi connectivity index (χ3n) is 5.52. The van der Waals surface area contributed by atoms with Crippen molar-refractivity contribution in [3.63, 3.8) is 0 Å². The van der Waals surface area contributed by atoms with Crippen molar-refractivity contribution in [3.05, 3.63) is 59.1 Å². The third-order valence-corrected chi connectivity index (χ3v) is 5.52. The predicted octanol–water partition coefficient (Wildman–Crippen LogP) is 4.91. The second-order valence-corrected chi connectivity index (χ2v) is 9.59. The molecule has 0 unspecified atom stereocenters. The molecule has 0 bridgehead atoms. The maximum atomic E-state index is 13.0. The molecule has 4 heteroatoms. The van der Waals surface area contributed by atoms with Crippen LogP contribution in [0.5, 0.6) is 0 Å². The molecule has 152 valence electrons. The summed E-state index contributed by atoms with van der Waals surface area (Å²) >= 11 is 0. The van der Waals surface area contributed by atoms with Crippen LogP contribution in [0, 0.1) is 34.5 Å². The van der Waals surface area contributed by atoms with Crippen LogP contribution in [0.3, 0.4) is 0 Å². The molecule has 1 aromatic rings. The molecule has 29 heavy (non-hydrogen) atoms. The number of Topliss-reactive ketones (excluding diaryl/α,β-unsaturated/α-hetero) is 2. The fraction of sp³-hybridized carbons (Fsp3) is 0.440. The van der Waals surface area contributed by atoms with Crippen LogP contribution < -0.4 is 0 Å². The highest BCUT2D eigenvalue weighted by molar-refractivity contribution is 6.00. The smallest absolute Gasteiger partial charge is 0.164 e. The number of rotatable bonds is 2. The molecule has 2 aliphatic carbocycles. The number of hydrogen-bond acceptors (Lipinski definition) is 4. The largest absolute Gasteiger partial charge is 0.512 e. The van der Waals surface area contributed by atoms with Gasteiger partial charge in [0.25, 0.3) is 0 Å². The van der Waals surface area contributed by atoms with Crippen LogP contribution in [0.25, 0.3) is 0 Å². The van der Waals surface area contributed by atoms with Gasteiger partial charge in [-0.1, -0.05) is 57.7 Å². The Labute approximate surface area is 172 Å². The molecule has 0 fully saturated rings. The minimum atomic E-state index is -0.943. The van der Waals surface area contributed by atoms with Crippen molar-refractivity contribution in [1.29, 1.82) is 0 Å². The van der Waals surface area contributed by atoms with Crippen LogP contribution in [0.4, 0.5) is 0 Å². The van der Waals surface area contributed by atoms with E-state index in [-0.39, 0.29) is 46.9 Å². The van der Waals surface area contributed by atoms with Crippen LogP contribution >= 0.6 is 0 Å². The number of benzene rings is 1. The number of aliphatic hydroxyl groups excluding tert-OH is 2. The molecule has 3 rings (SSSR count). The van der Waals surface area contributed by atoms with Gasteiger partial charge in [-0.05, 0) is 29.0 Å². The Kier molecular flexibility index (Phi) is 5.45. The fourth-order valence-electron chi connectivity index (χ4n) is 4.28. The van der Waals surface area contributed by atoms with Gasteiger partial charge in [-0.15, -0.1) is 0 Å². The van der Waals surface area contributed by atoms with Crippen LogP contribution in [-0.4, -0.2) is 21.8 Å². The standard InChI is InChI=1S/C25H28O4/c1-24(2)12-18(26)22(19(27)13-24)17(11-10-16-8-6-5-7-9-16)23-20(28)14-25(3,4)15-21(23)29/h5-9,12,17,22,26,28H,13-15H2,1-4H3/t17-,22-/m0/s1. The van der Waals surface area contributed by atoms with E-state index in [2.05, 4.69) is 11.8 Å². The van der Waals surface area contributed by atoms with E-state index in [1.807, 2.05) is 58.0 Å². The van der Waals surface area contributed by atoms with Crippen molar-refractivity contribution < 1.29 is 19.8 Å². The van der Waals surface area contributed by atoms with Gasteiger partial charge in [-0.25, -0.2) is 0 Å². The fourth-order valence-corrected chi connectivity index (χ4v) is 4.28. The molecule has 0 amide bonds. The number of carbonyl (C=O) groups is 2. The highest BCUT2D eigenvalue weighted by Crippen LogP contribution is 2.43. The van der Waals surface area contributed by atoms with E-state index < -0.39 is 17.3 Å². The summed E-state index contributed by atoms with van der Waals surface area (Å²) in [5.41, 5.74) is 0.113. The Hall–Kier alpha value is -2.80. The molecule has 0 saturated carbocycles.